The number of benzene rings is 2. The van der Waals surface area contributed by atoms with Crippen LogP contribution in [0.1, 0.15) is 82.1 Å². The maximum atomic E-state index is 14.3. The number of hydrogen-bond donors (Lipinski definition) is 0. The molecule has 1 saturated carbocycles. The zero-order valence-corrected chi connectivity index (χ0v) is 25.3. The Labute approximate surface area is 236 Å². The van der Waals surface area contributed by atoms with E-state index >= 15 is 0 Å². The van der Waals surface area contributed by atoms with Crippen LogP contribution in [-0.2, 0) is 11.3 Å². The van der Waals surface area contributed by atoms with Crippen molar-refractivity contribution in [3.05, 3.63) is 89.0 Å². The summed E-state index contributed by atoms with van der Waals surface area (Å²) >= 11 is 1.72. The van der Waals surface area contributed by atoms with Crippen molar-refractivity contribution in [2.45, 2.75) is 88.2 Å². The molecule has 0 bridgehead atoms. The maximum Gasteiger partial charge on any atom is 0.237 e. The highest BCUT2D eigenvalue weighted by Gasteiger charge is 2.40. The predicted molar refractivity (Wildman–Crippen MR) is 166 cm³/mol. The first-order chi connectivity index (χ1) is 18.3. The second-order valence-electron chi connectivity index (χ2n) is 10.8. The number of nitrogens with zero attached hydrogens (tertiary/aromatic N) is 1. The number of carbonyl (C=O) groups excluding carboxylic acids is 1. The fraction of sp³-hybridized carbons (Fsp3) is 0.424. The first-order valence-corrected chi connectivity index (χ1v) is 15.4. The molecule has 2 aliphatic rings. The number of amides is 1. The summed E-state index contributed by atoms with van der Waals surface area (Å²) in [5, 5.41) is -0.123. The van der Waals surface area contributed by atoms with E-state index in [0.717, 1.165) is 40.9 Å². The third kappa shape index (κ3) is 6.82. The minimum atomic E-state index is -0.123. The Hall–Kier alpha value is -2.29. The lowest BCUT2D eigenvalue weighted by atomic mass is 9.92. The van der Waals surface area contributed by atoms with Crippen LogP contribution in [0.15, 0.2) is 77.2 Å². The topological polar surface area (TPSA) is 29.5 Å². The molecule has 0 radical (unpaired) electrons. The third-order valence-corrected chi connectivity index (χ3v) is 9.68. The SMILES string of the molecule is C=C(C)/C=C(\C=C(C)C)c1ccc(OCC)c(CN(C(=O)C2Sc3ccccc3C2P)C2CCCCC2)c1. The minimum Gasteiger partial charge on any atom is -0.494 e. The Morgan fingerprint density at radius 1 is 1.11 bits per heavy atom. The largest absolute Gasteiger partial charge is 0.494 e. The van der Waals surface area contributed by atoms with Gasteiger partial charge in [-0.2, -0.15) is 0 Å². The van der Waals surface area contributed by atoms with E-state index in [1.807, 2.05) is 13.8 Å². The van der Waals surface area contributed by atoms with Crippen LogP contribution in [0.25, 0.3) is 5.57 Å². The zero-order valence-electron chi connectivity index (χ0n) is 23.3. The molecule has 3 atom stereocenters. The normalized spacial score (nSPS) is 19.6. The quantitative estimate of drug-likeness (QED) is 0.232. The molecular formula is C33H42NO2PS. The monoisotopic (exact) mass is 547 g/mol. The van der Waals surface area contributed by atoms with Crippen LogP contribution >= 0.6 is 21.0 Å². The Morgan fingerprint density at radius 2 is 1.84 bits per heavy atom. The summed E-state index contributed by atoms with van der Waals surface area (Å²) in [6, 6.07) is 15.1. The van der Waals surface area contributed by atoms with E-state index in [1.165, 1.54) is 35.3 Å². The van der Waals surface area contributed by atoms with Gasteiger partial charge in [-0.25, -0.2) is 0 Å². The Kier molecular flexibility index (Phi) is 9.96. The smallest absolute Gasteiger partial charge is 0.237 e. The summed E-state index contributed by atoms with van der Waals surface area (Å²) in [5.74, 6) is 1.11. The lowest BCUT2D eigenvalue weighted by molar-refractivity contribution is -0.134. The number of ether oxygens (including phenoxy) is 1. The van der Waals surface area contributed by atoms with Gasteiger partial charge in [-0.15, -0.1) is 21.0 Å². The molecule has 2 aromatic carbocycles. The van der Waals surface area contributed by atoms with E-state index in [0.29, 0.717) is 13.2 Å². The summed E-state index contributed by atoms with van der Waals surface area (Å²) < 4.78 is 6.10. The number of thioether (sulfide) groups is 1. The Morgan fingerprint density at radius 3 is 2.50 bits per heavy atom. The molecule has 0 saturated heterocycles. The fourth-order valence-corrected chi connectivity index (χ4v) is 7.64. The molecule has 3 unspecified atom stereocenters. The molecule has 1 aliphatic heterocycles. The molecule has 1 fully saturated rings. The van der Waals surface area contributed by atoms with Gasteiger partial charge in [0.15, 0.2) is 0 Å². The van der Waals surface area contributed by atoms with Gasteiger partial charge in [-0.05, 0) is 75.4 Å². The summed E-state index contributed by atoms with van der Waals surface area (Å²) in [6.45, 7) is 13.5. The number of rotatable bonds is 9. The molecule has 4 rings (SSSR count). The van der Waals surface area contributed by atoms with Crippen LogP contribution in [-0.4, -0.2) is 28.7 Å². The molecule has 2 aromatic rings. The molecule has 5 heteroatoms. The summed E-state index contributed by atoms with van der Waals surface area (Å²) in [6.07, 6.45) is 10.1. The second-order valence-corrected chi connectivity index (χ2v) is 12.7. The van der Waals surface area contributed by atoms with Gasteiger partial charge >= 0.3 is 0 Å². The zero-order chi connectivity index (χ0) is 27.2. The average Bonchev–Trinajstić information content (AvgIpc) is 3.24. The van der Waals surface area contributed by atoms with Gasteiger partial charge in [0.2, 0.25) is 5.91 Å². The van der Waals surface area contributed by atoms with E-state index < -0.39 is 0 Å². The van der Waals surface area contributed by atoms with Gasteiger partial charge < -0.3 is 9.64 Å². The third-order valence-electron chi connectivity index (χ3n) is 7.28. The van der Waals surface area contributed by atoms with E-state index in [-0.39, 0.29) is 22.9 Å². The summed E-state index contributed by atoms with van der Waals surface area (Å²) in [7, 11) is 2.95. The second kappa shape index (κ2) is 13.2. The highest BCUT2D eigenvalue weighted by molar-refractivity contribution is 8.01. The molecule has 0 aromatic heterocycles. The van der Waals surface area contributed by atoms with Gasteiger partial charge in [-0.1, -0.05) is 73.4 Å². The highest BCUT2D eigenvalue weighted by atomic mass is 32.2. The van der Waals surface area contributed by atoms with Crippen molar-refractivity contribution in [3.8, 4) is 5.75 Å². The first-order valence-electron chi connectivity index (χ1n) is 13.9. The Balaban J connectivity index is 1.71. The molecule has 38 heavy (non-hydrogen) atoms. The molecule has 0 spiro atoms. The number of fused-ring (bicyclic) bond motifs is 1. The van der Waals surface area contributed by atoms with Gasteiger partial charge in [0, 0.05) is 28.7 Å². The lowest BCUT2D eigenvalue weighted by Gasteiger charge is -2.37. The molecule has 3 nitrogen and oxygen atoms in total. The van der Waals surface area contributed by atoms with Crippen molar-refractivity contribution >= 4 is 32.5 Å². The van der Waals surface area contributed by atoms with Gasteiger partial charge in [0.1, 0.15) is 5.75 Å². The van der Waals surface area contributed by atoms with Crippen molar-refractivity contribution < 1.29 is 9.53 Å². The molecule has 1 heterocycles. The van der Waals surface area contributed by atoms with Crippen molar-refractivity contribution in [2.24, 2.45) is 0 Å². The van der Waals surface area contributed by atoms with E-state index in [9.17, 15) is 4.79 Å². The van der Waals surface area contributed by atoms with E-state index in [4.69, 9.17) is 4.74 Å². The van der Waals surface area contributed by atoms with Crippen molar-refractivity contribution in [3.63, 3.8) is 0 Å². The van der Waals surface area contributed by atoms with Crippen LogP contribution in [0.2, 0.25) is 0 Å². The number of allylic oxidation sites excluding steroid dienone is 5. The van der Waals surface area contributed by atoms with Crippen molar-refractivity contribution in [2.75, 3.05) is 6.61 Å². The minimum absolute atomic E-state index is 0.121. The van der Waals surface area contributed by atoms with Crippen LogP contribution < -0.4 is 4.74 Å². The molecular weight excluding hydrogens is 505 g/mol. The number of hydrogen-bond acceptors (Lipinski definition) is 3. The maximum absolute atomic E-state index is 14.3. The fourth-order valence-electron chi connectivity index (χ4n) is 5.53. The van der Waals surface area contributed by atoms with Crippen molar-refractivity contribution in [1.29, 1.82) is 0 Å². The predicted octanol–water partition coefficient (Wildman–Crippen LogP) is 8.76. The van der Waals surface area contributed by atoms with Crippen molar-refractivity contribution in [1.82, 2.24) is 4.90 Å². The van der Waals surface area contributed by atoms with Crippen LogP contribution in [0.5, 0.6) is 5.75 Å². The van der Waals surface area contributed by atoms with Gasteiger partial charge in [0.05, 0.1) is 11.9 Å². The lowest BCUT2D eigenvalue weighted by Crippen LogP contribution is -2.45. The summed E-state index contributed by atoms with van der Waals surface area (Å²) in [5.41, 5.74) is 6.94. The van der Waals surface area contributed by atoms with Gasteiger partial charge in [-0.3, -0.25) is 4.79 Å². The van der Waals surface area contributed by atoms with Crippen LogP contribution in [0.4, 0.5) is 0 Å². The molecule has 202 valence electrons. The average molecular weight is 548 g/mol. The standard InChI is InChI=1S/C33H42NO2PS/c1-6-36-29-17-16-24(25(18-22(2)3)19-23(4)5)20-26(29)21-34(27-12-8-7-9-13-27)33(35)32-31(37)28-14-10-11-15-30(28)38-32/h10-11,14-20,27,31-32H,2,6-9,12-13,21,37H2,1,3-5H3/b25-18+. The van der Waals surface area contributed by atoms with Crippen LogP contribution in [0.3, 0.4) is 0 Å². The first kappa shape index (κ1) is 28.7. The van der Waals surface area contributed by atoms with Gasteiger partial charge in [0.25, 0.3) is 0 Å². The van der Waals surface area contributed by atoms with E-state index in [2.05, 4.69) is 89.2 Å². The van der Waals surface area contributed by atoms with Crippen LogP contribution in [0, 0.1) is 0 Å². The van der Waals surface area contributed by atoms with E-state index in [1.54, 1.807) is 11.8 Å². The molecule has 1 aliphatic carbocycles. The molecule has 1 amide bonds. The highest BCUT2D eigenvalue weighted by Crippen LogP contribution is 2.49. The number of carbonyl (C=O) groups is 1. The molecule has 0 N–H and O–H groups in total. The Bertz CT molecular complexity index is 1220. The summed E-state index contributed by atoms with van der Waals surface area (Å²) in [4.78, 5) is 17.7.